The lowest BCUT2D eigenvalue weighted by molar-refractivity contribution is 0.236. The summed E-state index contributed by atoms with van der Waals surface area (Å²) in [6, 6.07) is 11.1. The largest absolute Gasteiger partial charge is 0.490 e. The van der Waals surface area contributed by atoms with E-state index in [4.69, 9.17) is 9.26 Å². The van der Waals surface area contributed by atoms with Crippen LogP contribution in [0.5, 0.6) is 5.75 Å². The van der Waals surface area contributed by atoms with E-state index < -0.39 is 9.84 Å². The molecule has 3 aromatic rings. The van der Waals surface area contributed by atoms with Crippen molar-refractivity contribution in [2.24, 2.45) is 0 Å². The van der Waals surface area contributed by atoms with Gasteiger partial charge in [-0.2, -0.15) is 4.98 Å². The number of benzene rings is 2. The van der Waals surface area contributed by atoms with Crippen LogP contribution in [0, 0.1) is 0 Å². The minimum atomic E-state index is -3.48. The number of nitrogens with zero attached hydrogens (tertiary/aromatic N) is 2. The summed E-state index contributed by atoms with van der Waals surface area (Å²) < 4.78 is 35.7. The molecule has 0 saturated heterocycles. The Bertz CT molecular complexity index is 1170. The van der Waals surface area contributed by atoms with Crippen LogP contribution in [0.3, 0.4) is 0 Å². The van der Waals surface area contributed by atoms with Crippen molar-refractivity contribution in [1.29, 1.82) is 0 Å². The van der Waals surface area contributed by atoms with E-state index in [0.29, 0.717) is 23.1 Å². The first-order chi connectivity index (χ1) is 13.7. The Hall–Kier alpha value is -2.67. The van der Waals surface area contributed by atoms with Crippen LogP contribution in [-0.4, -0.2) is 30.9 Å². The molecule has 0 spiro atoms. The lowest BCUT2D eigenvalue weighted by Crippen LogP contribution is -2.09. The second kappa shape index (κ2) is 7.30. The summed E-state index contributed by atoms with van der Waals surface area (Å²) in [7, 11) is -3.48. The van der Waals surface area contributed by atoms with Gasteiger partial charge in [0.05, 0.1) is 6.10 Å². The monoisotopic (exact) mass is 412 g/mol. The van der Waals surface area contributed by atoms with Crippen LogP contribution in [-0.2, 0) is 16.3 Å². The van der Waals surface area contributed by atoms with Gasteiger partial charge >= 0.3 is 0 Å². The van der Waals surface area contributed by atoms with E-state index in [0.717, 1.165) is 24.7 Å². The fraction of sp³-hybridized carbons (Fsp3) is 0.364. The standard InChI is InChI=1S/C22H24N2O4S/c1-13(2)27-19-11-9-15(12-20(19)29(4,25)26)22-23-21(24-28-22)18-7-5-6-16-14(3)8-10-17(16)18/h5-7,9,11-14H,8,10H2,1-4H3. The maximum absolute atomic E-state index is 12.3. The number of aromatic nitrogens is 2. The molecule has 0 saturated carbocycles. The topological polar surface area (TPSA) is 82.3 Å². The number of sulfone groups is 1. The first-order valence-corrected chi connectivity index (χ1v) is 11.6. The van der Waals surface area contributed by atoms with Gasteiger partial charge in [0.2, 0.25) is 5.82 Å². The third kappa shape index (κ3) is 3.79. The van der Waals surface area contributed by atoms with Gasteiger partial charge in [-0.1, -0.05) is 30.3 Å². The van der Waals surface area contributed by atoms with E-state index in [9.17, 15) is 8.42 Å². The minimum absolute atomic E-state index is 0.109. The Morgan fingerprint density at radius 3 is 2.72 bits per heavy atom. The molecule has 1 aliphatic rings. The third-order valence-corrected chi connectivity index (χ3v) is 6.31. The van der Waals surface area contributed by atoms with Crippen LogP contribution in [0.4, 0.5) is 0 Å². The highest BCUT2D eigenvalue weighted by Crippen LogP contribution is 2.38. The van der Waals surface area contributed by atoms with Crippen LogP contribution in [0.1, 0.15) is 44.2 Å². The number of hydrogen-bond acceptors (Lipinski definition) is 6. The highest BCUT2D eigenvalue weighted by Gasteiger charge is 2.24. The van der Waals surface area contributed by atoms with Crippen molar-refractivity contribution in [2.75, 3.05) is 6.26 Å². The van der Waals surface area contributed by atoms with Crippen molar-refractivity contribution >= 4 is 9.84 Å². The molecular weight excluding hydrogens is 388 g/mol. The van der Waals surface area contributed by atoms with Gasteiger partial charge in [0.25, 0.3) is 5.89 Å². The number of rotatable bonds is 5. The quantitative estimate of drug-likeness (QED) is 0.607. The number of fused-ring (bicyclic) bond motifs is 1. The summed E-state index contributed by atoms with van der Waals surface area (Å²) in [6.07, 6.45) is 3.13. The van der Waals surface area contributed by atoms with E-state index in [1.165, 1.54) is 17.2 Å². The smallest absolute Gasteiger partial charge is 0.258 e. The Balaban J connectivity index is 1.74. The van der Waals surface area contributed by atoms with Crippen LogP contribution >= 0.6 is 0 Å². The Labute approximate surface area is 170 Å². The average Bonchev–Trinajstić information content (AvgIpc) is 3.28. The predicted molar refractivity (Wildman–Crippen MR) is 111 cm³/mol. The van der Waals surface area contributed by atoms with E-state index in [-0.39, 0.29) is 16.9 Å². The molecule has 1 aromatic heterocycles. The van der Waals surface area contributed by atoms with Gasteiger partial charge in [-0.05, 0) is 61.9 Å². The van der Waals surface area contributed by atoms with E-state index in [1.54, 1.807) is 12.1 Å². The Morgan fingerprint density at radius 2 is 2.00 bits per heavy atom. The van der Waals surface area contributed by atoms with Gasteiger partial charge in [-0.15, -0.1) is 0 Å². The van der Waals surface area contributed by atoms with E-state index in [2.05, 4.69) is 23.1 Å². The maximum Gasteiger partial charge on any atom is 0.258 e. The molecule has 29 heavy (non-hydrogen) atoms. The number of hydrogen-bond donors (Lipinski definition) is 0. The first-order valence-electron chi connectivity index (χ1n) is 9.71. The van der Waals surface area contributed by atoms with Gasteiger partial charge in [0, 0.05) is 17.4 Å². The molecule has 7 heteroatoms. The van der Waals surface area contributed by atoms with E-state index >= 15 is 0 Å². The zero-order valence-corrected chi connectivity index (χ0v) is 17.8. The van der Waals surface area contributed by atoms with Crippen molar-refractivity contribution in [3.63, 3.8) is 0 Å². The molecule has 152 valence electrons. The summed E-state index contributed by atoms with van der Waals surface area (Å²) in [5, 5.41) is 4.16. The zero-order valence-electron chi connectivity index (χ0n) is 17.0. The fourth-order valence-electron chi connectivity index (χ4n) is 3.80. The molecule has 0 fully saturated rings. The van der Waals surface area contributed by atoms with Crippen LogP contribution in [0.15, 0.2) is 45.8 Å². The SMILES string of the molecule is CC(C)Oc1ccc(-c2nc(-c3cccc4c3CCC4C)no2)cc1S(C)(=O)=O. The molecule has 1 aliphatic carbocycles. The van der Waals surface area contributed by atoms with Gasteiger partial charge in [0.15, 0.2) is 9.84 Å². The summed E-state index contributed by atoms with van der Waals surface area (Å²) in [5.74, 6) is 1.65. The molecule has 1 unspecified atom stereocenters. The van der Waals surface area contributed by atoms with E-state index in [1.807, 2.05) is 26.0 Å². The minimum Gasteiger partial charge on any atom is -0.490 e. The third-order valence-electron chi connectivity index (χ3n) is 5.19. The second-order valence-corrected chi connectivity index (χ2v) is 9.82. The normalized spacial score (nSPS) is 16.2. The summed E-state index contributed by atoms with van der Waals surface area (Å²) in [4.78, 5) is 4.66. The van der Waals surface area contributed by atoms with Gasteiger partial charge in [-0.3, -0.25) is 0 Å². The van der Waals surface area contributed by atoms with Gasteiger partial charge in [-0.25, -0.2) is 8.42 Å². The molecule has 0 bridgehead atoms. The Morgan fingerprint density at radius 1 is 1.21 bits per heavy atom. The van der Waals surface area contributed by atoms with Crippen molar-refractivity contribution in [1.82, 2.24) is 10.1 Å². The van der Waals surface area contributed by atoms with Gasteiger partial charge < -0.3 is 9.26 Å². The summed E-state index contributed by atoms with van der Waals surface area (Å²) in [6.45, 7) is 5.93. The molecule has 2 aromatic carbocycles. The molecule has 0 amide bonds. The molecular formula is C22H24N2O4S. The lowest BCUT2D eigenvalue weighted by atomic mass is 9.99. The first kappa shape index (κ1) is 19.6. The van der Waals surface area contributed by atoms with Crippen molar-refractivity contribution in [3.05, 3.63) is 47.5 Å². The fourth-order valence-corrected chi connectivity index (χ4v) is 4.63. The maximum atomic E-state index is 12.3. The number of ether oxygens (including phenoxy) is 1. The molecule has 1 atom stereocenters. The average molecular weight is 413 g/mol. The van der Waals surface area contributed by atoms with Gasteiger partial charge in [0.1, 0.15) is 10.6 Å². The van der Waals surface area contributed by atoms with Crippen molar-refractivity contribution in [3.8, 4) is 28.6 Å². The summed E-state index contributed by atoms with van der Waals surface area (Å²) >= 11 is 0. The lowest BCUT2D eigenvalue weighted by Gasteiger charge is -2.13. The highest BCUT2D eigenvalue weighted by molar-refractivity contribution is 7.90. The Kier molecular flexibility index (Phi) is 4.94. The van der Waals surface area contributed by atoms with Crippen molar-refractivity contribution in [2.45, 2.75) is 50.5 Å². The molecule has 0 N–H and O–H groups in total. The molecule has 0 aliphatic heterocycles. The van der Waals surface area contributed by atoms with Crippen LogP contribution in [0.2, 0.25) is 0 Å². The molecule has 4 rings (SSSR count). The second-order valence-electron chi connectivity index (χ2n) is 7.84. The molecule has 0 radical (unpaired) electrons. The summed E-state index contributed by atoms with van der Waals surface area (Å²) in [5.41, 5.74) is 4.12. The highest BCUT2D eigenvalue weighted by atomic mass is 32.2. The van der Waals surface area contributed by atoms with Crippen molar-refractivity contribution < 1.29 is 17.7 Å². The zero-order chi connectivity index (χ0) is 20.8. The predicted octanol–water partition coefficient (Wildman–Crippen LogP) is 4.64. The molecule has 1 heterocycles. The van der Waals surface area contributed by atoms with Crippen LogP contribution in [0.25, 0.3) is 22.8 Å². The molecule has 6 nitrogen and oxygen atoms in total. The van der Waals surface area contributed by atoms with Crippen LogP contribution < -0.4 is 4.74 Å².